The number of anilines is 1. The molecule has 4 rings (SSSR count). The molecule has 0 saturated heterocycles. The predicted octanol–water partition coefficient (Wildman–Crippen LogP) is 2.45. The monoisotopic (exact) mass is 310 g/mol. The van der Waals surface area contributed by atoms with Crippen molar-refractivity contribution < 1.29 is 4.74 Å². The van der Waals surface area contributed by atoms with Crippen molar-refractivity contribution in [1.82, 2.24) is 24.6 Å². The van der Waals surface area contributed by atoms with Gasteiger partial charge in [-0.3, -0.25) is 4.40 Å². The smallest absolute Gasteiger partial charge is 0.213 e. The lowest BCUT2D eigenvalue weighted by molar-refractivity contribution is 0.201. The predicted molar refractivity (Wildman–Crippen MR) is 85.2 cm³/mol. The number of aromatic nitrogens is 5. The summed E-state index contributed by atoms with van der Waals surface area (Å²) in [5.74, 6) is 1.41. The van der Waals surface area contributed by atoms with Crippen molar-refractivity contribution in [2.75, 3.05) is 5.32 Å². The molecule has 0 atom stereocenters. The van der Waals surface area contributed by atoms with Gasteiger partial charge >= 0.3 is 0 Å². The number of hydrogen-bond acceptors (Lipinski definition) is 6. The first-order valence-corrected chi connectivity index (χ1v) is 7.88. The fourth-order valence-electron chi connectivity index (χ4n) is 2.87. The Bertz CT molecular complexity index is 796. The SMILES string of the molecule is c1cc(CNc2nccn3cnnc23)cc(OC2CCCC2)n1. The Morgan fingerprint density at radius 1 is 1.22 bits per heavy atom. The zero-order valence-electron chi connectivity index (χ0n) is 12.7. The fraction of sp³-hybridized carbons (Fsp3) is 0.375. The average Bonchev–Trinajstić information content (AvgIpc) is 3.24. The number of hydrogen-bond donors (Lipinski definition) is 1. The third-order valence-electron chi connectivity index (χ3n) is 4.06. The van der Waals surface area contributed by atoms with Gasteiger partial charge in [-0.1, -0.05) is 0 Å². The topological polar surface area (TPSA) is 77.2 Å². The first-order chi connectivity index (χ1) is 11.4. The minimum absolute atomic E-state index is 0.317. The molecule has 23 heavy (non-hydrogen) atoms. The number of nitrogens with one attached hydrogen (secondary N) is 1. The van der Waals surface area contributed by atoms with Crippen LogP contribution in [0.15, 0.2) is 37.1 Å². The van der Waals surface area contributed by atoms with Gasteiger partial charge in [-0.15, -0.1) is 10.2 Å². The Hall–Kier alpha value is -2.70. The highest BCUT2D eigenvalue weighted by Crippen LogP contribution is 2.23. The molecule has 7 nitrogen and oxygen atoms in total. The van der Waals surface area contributed by atoms with E-state index in [2.05, 4.69) is 25.5 Å². The van der Waals surface area contributed by atoms with Crippen LogP contribution in [0.1, 0.15) is 31.2 Å². The van der Waals surface area contributed by atoms with Gasteiger partial charge in [0.25, 0.3) is 0 Å². The Balaban J connectivity index is 1.45. The summed E-state index contributed by atoms with van der Waals surface area (Å²) < 4.78 is 7.77. The summed E-state index contributed by atoms with van der Waals surface area (Å²) >= 11 is 0. The second kappa shape index (κ2) is 6.20. The molecule has 3 aromatic rings. The molecule has 7 heteroatoms. The van der Waals surface area contributed by atoms with Gasteiger partial charge in [0.15, 0.2) is 5.82 Å². The van der Waals surface area contributed by atoms with Gasteiger partial charge in [-0.25, -0.2) is 9.97 Å². The maximum absolute atomic E-state index is 5.94. The fourth-order valence-corrected chi connectivity index (χ4v) is 2.87. The van der Waals surface area contributed by atoms with Crippen molar-refractivity contribution in [2.24, 2.45) is 0 Å². The van der Waals surface area contributed by atoms with Crippen LogP contribution in [-0.2, 0) is 6.54 Å². The van der Waals surface area contributed by atoms with Crippen molar-refractivity contribution in [2.45, 2.75) is 38.3 Å². The standard InChI is InChI=1S/C16H18N6O/c1-2-4-13(3-1)23-14-9-12(5-6-17-14)10-19-15-16-21-20-11-22(16)8-7-18-15/h5-9,11,13H,1-4,10H2,(H,18,19). The van der Waals surface area contributed by atoms with Gasteiger partial charge in [0.05, 0.1) is 0 Å². The highest BCUT2D eigenvalue weighted by Gasteiger charge is 2.17. The third-order valence-corrected chi connectivity index (χ3v) is 4.06. The van der Waals surface area contributed by atoms with Crippen LogP contribution in [0.5, 0.6) is 5.88 Å². The lowest BCUT2D eigenvalue weighted by Crippen LogP contribution is -2.12. The Kier molecular flexibility index (Phi) is 3.75. The molecule has 0 amide bonds. The Morgan fingerprint density at radius 3 is 3.04 bits per heavy atom. The first kappa shape index (κ1) is 13.9. The van der Waals surface area contributed by atoms with E-state index >= 15 is 0 Å². The Labute approximate surface area is 133 Å². The van der Waals surface area contributed by atoms with E-state index in [-0.39, 0.29) is 0 Å². The molecule has 1 fully saturated rings. The zero-order valence-corrected chi connectivity index (χ0v) is 12.7. The summed E-state index contributed by atoms with van der Waals surface area (Å²) in [4.78, 5) is 8.63. The van der Waals surface area contributed by atoms with Crippen molar-refractivity contribution in [3.8, 4) is 5.88 Å². The molecule has 0 aromatic carbocycles. The summed E-state index contributed by atoms with van der Waals surface area (Å²) in [6.07, 6.45) is 12.1. The van der Waals surface area contributed by atoms with Gasteiger partial charge in [0, 0.05) is 31.2 Å². The summed E-state index contributed by atoms with van der Waals surface area (Å²) in [6.45, 7) is 0.628. The van der Waals surface area contributed by atoms with Gasteiger partial charge in [-0.05, 0) is 37.3 Å². The van der Waals surface area contributed by atoms with E-state index in [9.17, 15) is 0 Å². The van der Waals surface area contributed by atoms with Gasteiger partial charge in [0.2, 0.25) is 11.5 Å². The third kappa shape index (κ3) is 3.08. The molecule has 3 aromatic heterocycles. The summed E-state index contributed by atoms with van der Waals surface area (Å²) in [6, 6.07) is 3.95. The van der Waals surface area contributed by atoms with E-state index in [0.717, 1.165) is 18.4 Å². The van der Waals surface area contributed by atoms with E-state index in [1.54, 1.807) is 18.7 Å². The molecule has 1 saturated carbocycles. The van der Waals surface area contributed by atoms with Crippen molar-refractivity contribution in [3.05, 3.63) is 42.6 Å². The summed E-state index contributed by atoms with van der Waals surface area (Å²) in [5.41, 5.74) is 1.81. The number of fused-ring (bicyclic) bond motifs is 1. The maximum atomic E-state index is 5.94. The molecule has 1 N–H and O–H groups in total. The van der Waals surface area contributed by atoms with Crippen LogP contribution in [0.2, 0.25) is 0 Å². The molecule has 118 valence electrons. The van der Waals surface area contributed by atoms with Crippen LogP contribution in [0, 0.1) is 0 Å². The Morgan fingerprint density at radius 2 is 2.13 bits per heavy atom. The van der Waals surface area contributed by atoms with Gasteiger partial charge in [0.1, 0.15) is 12.4 Å². The molecular weight excluding hydrogens is 292 g/mol. The molecule has 0 aliphatic heterocycles. The molecular formula is C16H18N6O. The van der Waals surface area contributed by atoms with Gasteiger partial charge < -0.3 is 10.1 Å². The van der Waals surface area contributed by atoms with E-state index in [0.29, 0.717) is 30.0 Å². The van der Waals surface area contributed by atoms with Crippen molar-refractivity contribution in [3.63, 3.8) is 0 Å². The molecule has 0 spiro atoms. The quantitative estimate of drug-likeness (QED) is 0.780. The second-order valence-electron chi connectivity index (χ2n) is 5.72. The number of nitrogens with zero attached hydrogens (tertiary/aromatic N) is 5. The van der Waals surface area contributed by atoms with E-state index < -0.39 is 0 Å². The summed E-state index contributed by atoms with van der Waals surface area (Å²) in [7, 11) is 0. The van der Waals surface area contributed by atoms with Crippen molar-refractivity contribution >= 4 is 11.5 Å². The minimum atomic E-state index is 0.317. The zero-order chi connectivity index (χ0) is 15.5. The van der Waals surface area contributed by atoms with E-state index in [4.69, 9.17) is 4.74 Å². The van der Waals surface area contributed by atoms with E-state index in [1.165, 1.54) is 12.8 Å². The molecule has 0 bridgehead atoms. The normalized spacial score (nSPS) is 15.1. The number of pyridine rings is 1. The molecule has 1 aliphatic carbocycles. The van der Waals surface area contributed by atoms with Crippen LogP contribution in [0.25, 0.3) is 5.65 Å². The van der Waals surface area contributed by atoms with Crippen LogP contribution in [-0.4, -0.2) is 30.7 Å². The lowest BCUT2D eigenvalue weighted by atomic mass is 10.2. The molecule has 0 unspecified atom stereocenters. The summed E-state index contributed by atoms with van der Waals surface area (Å²) in [5, 5.41) is 11.3. The first-order valence-electron chi connectivity index (χ1n) is 7.88. The lowest BCUT2D eigenvalue weighted by Gasteiger charge is -2.13. The number of rotatable bonds is 5. The number of ether oxygens (including phenoxy) is 1. The molecule has 3 heterocycles. The van der Waals surface area contributed by atoms with Crippen LogP contribution in [0.3, 0.4) is 0 Å². The van der Waals surface area contributed by atoms with Crippen LogP contribution < -0.4 is 10.1 Å². The largest absolute Gasteiger partial charge is 0.474 e. The average molecular weight is 310 g/mol. The molecule has 1 aliphatic rings. The van der Waals surface area contributed by atoms with Crippen LogP contribution >= 0.6 is 0 Å². The highest BCUT2D eigenvalue weighted by atomic mass is 16.5. The van der Waals surface area contributed by atoms with Crippen LogP contribution in [0.4, 0.5) is 5.82 Å². The second-order valence-corrected chi connectivity index (χ2v) is 5.72. The maximum Gasteiger partial charge on any atom is 0.213 e. The minimum Gasteiger partial charge on any atom is -0.474 e. The van der Waals surface area contributed by atoms with Gasteiger partial charge in [-0.2, -0.15) is 0 Å². The van der Waals surface area contributed by atoms with E-state index in [1.807, 2.05) is 22.7 Å². The highest BCUT2D eigenvalue weighted by molar-refractivity contribution is 5.61. The molecule has 0 radical (unpaired) electrons. The van der Waals surface area contributed by atoms with Crippen molar-refractivity contribution in [1.29, 1.82) is 0 Å².